The molecule has 1 aliphatic rings. The summed E-state index contributed by atoms with van der Waals surface area (Å²) in [6.07, 6.45) is 4.75. The number of hydrogen-bond donors (Lipinski definition) is 2. The summed E-state index contributed by atoms with van der Waals surface area (Å²) >= 11 is 0. The van der Waals surface area contributed by atoms with Crippen LogP contribution in [0.2, 0.25) is 0 Å². The number of halogens is 1. The number of aromatic nitrogens is 2. The van der Waals surface area contributed by atoms with Gasteiger partial charge in [0.25, 0.3) is 0 Å². The minimum Gasteiger partial charge on any atom is -0.337 e. The van der Waals surface area contributed by atoms with Crippen LogP contribution in [0.4, 0.5) is 9.18 Å². The predicted molar refractivity (Wildman–Crippen MR) is 105 cm³/mol. The third-order valence-electron chi connectivity index (χ3n) is 4.97. The number of nitrogens with one attached hydrogen (secondary N) is 2. The number of nitrogens with zero attached hydrogens (tertiary/aromatic N) is 2. The Morgan fingerprint density at radius 2 is 1.96 bits per heavy atom. The van der Waals surface area contributed by atoms with Crippen molar-refractivity contribution in [2.24, 2.45) is 5.41 Å². The maximum absolute atomic E-state index is 13.2. The van der Waals surface area contributed by atoms with Crippen molar-refractivity contribution >= 4 is 12.1 Å². The monoisotopic (exact) mass is 370 g/mol. The molecule has 144 valence electrons. The van der Waals surface area contributed by atoms with Crippen LogP contribution < -0.4 is 10.6 Å². The zero-order chi connectivity index (χ0) is 19.8. The Kier molecular flexibility index (Phi) is 4.84. The van der Waals surface area contributed by atoms with E-state index in [0.717, 1.165) is 23.4 Å². The lowest BCUT2D eigenvalue weighted by Gasteiger charge is -2.34. The fourth-order valence-corrected chi connectivity index (χ4v) is 3.27. The minimum absolute atomic E-state index is 0.163. The second kappa shape index (κ2) is 6.83. The molecule has 2 N–H and O–H groups in total. The van der Waals surface area contributed by atoms with Crippen LogP contribution in [0.15, 0.2) is 36.0 Å². The van der Waals surface area contributed by atoms with Gasteiger partial charge in [0.05, 0.1) is 17.6 Å². The summed E-state index contributed by atoms with van der Waals surface area (Å²) in [4.78, 5) is 12.1. The second-order valence-corrected chi connectivity index (χ2v) is 8.57. The molecule has 1 heterocycles. The van der Waals surface area contributed by atoms with Gasteiger partial charge in [-0.3, -0.25) is 0 Å². The molecule has 0 spiro atoms. The lowest BCUT2D eigenvalue weighted by atomic mass is 9.74. The first-order valence-corrected chi connectivity index (χ1v) is 9.15. The van der Waals surface area contributed by atoms with Crippen molar-refractivity contribution in [2.75, 3.05) is 6.54 Å². The average molecular weight is 370 g/mol. The molecule has 1 unspecified atom stereocenters. The molecule has 0 aliphatic heterocycles. The molecule has 6 heteroatoms. The Hall–Kier alpha value is -2.63. The third kappa shape index (κ3) is 4.21. The molecule has 1 aromatic carbocycles. The average Bonchev–Trinajstić information content (AvgIpc) is 2.95. The van der Waals surface area contributed by atoms with Gasteiger partial charge in [0.2, 0.25) is 0 Å². The van der Waals surface area contributed by atoms with Gasteiger partial charge < -0.3 is 10.6 Å². The second-order valence-electron chi connectivity index (χ2n) is 8.57. The Labute approximate surface area is 159 Å². The molecule has 2 aromatic rings. The summed E-state index contributed by atoms with van der Waals surface area (Å²) in [5.74, 6) is -0.265. The number of fused-ring (bicyclic) bond motifs is 1. The van der Waals surface area contributed by atoms with E-state index in [1.54, 1.807) is 12.1 Å². The van der Waals surface area contributed by atoms with Crippen molar-refractivity contribution in [1.29, 1.82) is 0 Å². The van der Waals surface area contributed by atoms with Gasteiger partial charge >= 0.3 is 6.03 Å². The standard InChI is InChI=1S/C21H27FN4O/c1-14-10-18-15(12-24-26(18)17-8-6-16(22)7-9-17)11-21(14,5)13-23-19(27)25-20(2,3)4/h6-10,12H,11,13H2,1-5H3,(H2,23,25,27). The van der Waals surface area contributed by atoms with E-state index < -0.39 is 0 Å². The first-order chi connectivity index (χ1) is 12.6. The summed E-state index contributed by atoms with van der Waals surface area (Å²) in [5, 5.41) is 10.4. The number of urea groups is 1. The molecule has 3 rings (SSSR count). The SMILES string of the molecule is CC1=Cc2c(cnn2-c2ccc(F)cc2)CC1(C)CNC(=O)NC(C)(C)C. The number of rotatable bonds is 3. The van der Waals surface area contributed by atoms with E-state index in [2.05, 4.69) is 35.7 Å². The van der Waals surface area contributed by atoms with Crippen molar-refractivity contribution in [3.8, 4) is 5.69 Å². The van der Waals surface area contributed by atoms with Gasteiger partial charge in [-0.25, -0.2) is 13.9 Å². The van der Waals surface area contributed by atoms with Gasteiger partial charge in [-0.2, -0.15) is 5.10 Å². The van der Waals surface area contributed by atoms with Crippen molar-refractivity contribution in [3.05, 3.63) is 53.1 Å². The first kappa shape index (κ1) is 19.1. The topological polar surface area (TPSA) is 59.0 Å². The minimum atomic E-state index is -0.272. The maximum Gasteiger partial charge on any atom is 0.315 e. The van der Waals surface area contributed by atoms with E-state index >= 15 is 0 Å². The Morgan fingerprint density at radius 1 is 1.30 bits per heavy atom. The summed E-state index contributed by atoms with van der Waals surface area (Å²) < 4.78 is 15.0. The third-order valence-corrected chi connectivity index (χ3v) is 4.97. The number of hydrogen-bond acceptors (Lipinski definition) is 2. The van der Waals surface area contributed by atoms with Crippen LogP contribution in [0.3, 0.4) is 0 Å². The highest BCUT2D eigenvalue weighted by atomic mass is 19.1. The van der Waals surface area contributed by atoms with Gasteiger partial charge in [0.1, 0.15) is 5.82 Å². The molecule has 1 aliphatic carbocycles. The van der Waals surface area contributed by atoms with Crippen LogP contribution in [-0.4, -0.2) is 27.9 Å². The molecule has 1 aromatic heterocycles. The zero-order valence-corrected chi connectivity index (χ0v) is 16.6. The lowest BCUT2D eigenvalue weighted by molar-refractivity contribution is 0.226. The normalized spacial score (nSPS) is 19.3. The van der Waals surface area contributed by atoms with Crippen LogP contribution in [0.1, 0.15) is 45.9 Å². The van der Waals surface area contributed by atoms with Crippen molar-refractivity contribution in [3.63, 3.8) is 0 Å². The molecule has 0 bridgehead atoms. The molecule has 5 nitrogen and oxygen atoms in total. The van der Waals surface area contributed by atoms with Crippen LogP contribution in [-0.2, 0) is 6.42 Å². The summed E-state index contributed by atoms with van der Waals surface area (Å²) in [5.41, 5.74) is 3.68. The van der Waals surface area contributed by atoms with Crippen molar-refractivity contribution in [2.45, 2.75) is 46.6 Å². The smallest absolute Gasteiger partial charge is 0.315 e. The molecule has 0 saturated carbocycles. The van der Waals surface area contributed by atoms with Gasteiger partial charge in [0, 0.05) is 17.5 Å². The van der Waals surface area contributed by atoms with E-state index in [1.807, 2.05) is 31.6 Å². The van der Waals surface area contributed by atoms with Crippen LogP contribution in [0.25, 0.3) is 11.8 Å². The highest BCUT2D eigenvalue weighted by Gasteiger charge is 2.33. The van der Waals surface area contributed by atoms with Gasteiger partial charge in [0.15, 0.2) is 0 Å². The van der Waals surface area contributed by atoms with Crippen molar-refractivity contribution < 1.29 is 9.18 Å². The molecular weight excluding hydrogens is 343 g/mol. The fraction of sp³-hybridized carbons (Fsp3) is 0.429. The molecular formula is C21H27FN4O. The Balaban J connectivity index is 1.79. The van der Waals surface area contributed by atoms with E-state index in [-0.39, 0.29) is 22.8 Å². The van der Waals surface area contributed by atoms with Gasteiger partial charge in [-0.1, -0.05) is 12.5 Å². The molecule has 0 radical (unpaired) electrons. The largest absolute Gasteiger partial charge is 0.337 e. The number of benzene rings is 1. The summed E-state index contributed by atoms with van der Waals surface area (Å²) in [7, 11) is 0. The highest BCUT2D eigenvalue weighted by Crippen LogP contribution is 2.38. The van der Waals surface area contributed by atoms with Crippen LogP contribution in [0.5, 0.6) is 0 Å². The van der Waals surface area contributed by atoms with Crippen molar-refractivity contribution in [1.82, 2.24) is 20.4 Å². The Bertz CT molecular complexity index is 877. The molecule has 27 heavy (non-hydrogen) atoms. The molecule has 0 saturated heterocycles. The number of amides is 2. The summed E-state index contributed by atoms with van der Waals surface area (Å²) in [6.45, 7) is 10.6. The first-order valence-electron chi connectivity index (χ1n) is 9.15. The van der Waals surface area contributed by atoms with Crippen LogP contribution >= 0.6 is 0 Å². The maximum atomic E-state index is 13.2. The highest BCUT2D eigenvalue weighted by molar-refractivity contribution is 5.75. The molecule has 2 amide bonds. The number of carbonyl (C=O) groups excluding carboxylic acids is 1. The zero-order valence-electron chi connectivity index (χ0n) is 16.6. The predicted octanol–water partition coefficient (Wildman–Crippen LogP) is 4.07. The fourth-order valence-electron chi connectivity index (χ4n) is 3.27. The number of carbonyl (C=O) groups is 1. The van der Waals surface area contributed by atoms with Gasteiger partial charge in [-0.05, 0) is 70.0 Å². The quantitative estimate of drug-likeness (QED) is 0.855. The van der Waals surface area contributed by atoms with E-state index in [0.29, 0.717) is 6.54 Å². The summed E-state index contributed by atoms with van der Waals surface area (Å²) in [6, 6.07) is 6.15. The van der Waals surface area contributed by atoms with Crippen LogP contribution in [0, 0.1) is 11.2 Å². The lowest BCUT2D eigenvalue weighted by Crippen LogP contribution is -2.49. The Morgan fingerprint density at radius 3 is 2.59 bits per heavy atom. The van der Waals surface area contributed by atoms with E-state index in [1.165, 1.54) is 17.7 Å². The van der Waals surface area contributed by atoms with E-state index in [4.69, 9.17) is 0 Å². The molecule has 1 atom stereocenters. The van der Waals surface area contributed by atoms with Gasteiger partial charge in [-0.15, -0.1) is 0 Å². The van der Waals surface area contributed by atoms with E-state index in [9.17, 15) is 9.18 Å². The molecule has 0 fully saturated rings.